The Balaban J connectivity index is 1.77. The predicted octanol–water partition coefficient (Wildman–Crippen LogP) is 4.56. The summed E-state index contributed by atoms with van der Waals surface area (Å²) in [7, 11) is 0. The van der Waals surface area contributed by atoms with Crippen LogP contribution in [0.1, 0.15) is 37.9 Å². The lowest BCUT2D eigenvalue weighted by Crippen LogP contribution is -2.21. The van der Waals surface area contributed by atoms with Gasteiger partial charge in [0, 0.05) is 33.0 Å². The van der Waals surface area contributed by atoms with Gasteiger partial charge in [-0.15, -0.1) is 0 Å². The fraction of sp³-hybridized carbons (Fsp3) is 0.0476. The zero-order valence-electron chi connectivity index (χ0n) is 14.0. The highest BCUT2D eigenvalue weighted by Crippen LogP contribution is 2.39. The minimum atomic E-state index is -0.650. The van der Waals surface area contributed by atoms with Crippen molar-refractivity contribution in [3.8, 4) is 0 Å². The maximum atomic E-state index is 13.8. The molecule has 0 saturated carbocycles. The molecule has 6 heteroatoms. The SMILES string of the molecule is O=C(Nc1cccc2c1C(c1cc(F)ccc1Cl)NC2=O)c1ccccc1. The van der Waals surface area contributed by atoms with E-state index in [4.69, 9.17) is 11.6 Å². The minimum Gasteiger partial charge on any atom is -0.341 e. The van der Waals surface area contributed by atoms with Crippen molar-refractivity contribution in [1.29, 1.82) is 0 Å². The summed E-state index contributed by atoms with van der Waals surface area (Å²) < 4.78 is 13.8. The summed E-state index contributed by atoms with van der Waals surface area (Å²) in [6, 6.07) is 17.2. The van der Waals surface area contributed by atoms with E-state index >= 15 is 0 Å². The van der Waals surface area contributed by atoms with E-state index in [9.17, 15) is 14.0 Å². The number of carbonyl (C=O) groups is 2. The first kappa shape index (κ1) is 17.2. The van der Waals surface area contributed by atoms with Crippen LogP contribution in [0, 0.1) is 5.82 Å². The summed E-state index contributed by atoms with van der Waals surface area (Å²) in [5.74, 6) is -1.05. The van der Waals surface area contributed by atoms with Crippen LogP contribution < -0.4 is 10.6 Å². The molecule has 1 aliphatic heterocycles. The summed E-state index contributed by atoms with van der Waals surface area (Å²) in [6.07, 6.45) is 0. The van der Waals surface area contributed by atoms with Gasteiger partial charge < -0.3 is 10.6 Å². The first-order valence-electron chi connectivity index (χ1n) is 8.29. The van der Waals surface area contributed by atoms with Crippen LogP contribution in [0.25, 0.3) is 0 Å². The lowest BCUT2D eigenvalue weighted by atomic mass is 9.96. The van der Waals surface area contributed by atoms with Crippen LogP contribution in [0.3, 0.4) is 0 Å². The van der Waals surface area contributed by atoms with Gasteiger partial charge >= 0.3 is 0 Å². The Morgan fingerprint density at radius 2 is 1.81 bits per heavy atom. The van der Waals surface area contributed by atoms with Gasteiger partial charge in [-0.3, -0.25) is 9.59 Å². The van der Waals surface area contributed by atoms with Crippen molar-refractivity contribution in [3.05, 3.63) is 99.8 Å². The maximum absolute atomic E-state index is 13.8. The molecular formula is C21H14ClFN2O2. The van der Waals surface area contributed by atoms with Gasteiger partial charge in [0.25, 0.3) is 11.8 Å². The molecule has 3 aromatic carbocycles. The minimum absolute atomic E-state index is 0.299. The molecule has 1 heterocycles. The van der Waals surface area contributed by atoms with E-state index in [1.54, 1.807) is 42.5 Å². The topological polar surface area (TPSA) is 58.2 Å². The number of amides is 2. The quantitative estimate of drug-likeness (QED) is 0.699. The highest BCUT2D eigenvalue weighted by molar-refractivity contribution is 6.31. The van der Waals surface area contributed by atoms with Gasteiger partial charge in [-0.1, -0.05) is 35.9 Å². The summed E-state index contributed by atoms with van der Waals surface area (Å²) in [4.78, 5) is 25.0. The second kappa shape index (κ2) is 6.85. The summed E-state index contributed by atoms with van der Waals surface area (Å²) >= 11 is 6.24. The van der Waals surface area contributed by atoms with Gasteiger partial charge in [0.15, 0.2) is 0 Å². The fourth-order valence-corrected chi connectivity index (χ4v) is 3.44. The number of benzene rings is 3. The molecule has 27 heavy (non-hydrogen) atoms. The van der Waals surface area contributed by atoms with Gasteiger partial charge in [0.05, 0.1) is 6.04 Å². The van der Waals surface area contributed by atoms with Crippen LogP contribution in [-0.4, -0.2) is 11.8 Å². The van der Waals surface area contributed by atoms with Gasteiger partial charge in [-0.25, -0.2) is 4.39 Å². The van der Waals surface area contributed by atoms with E-state index in [1.807, 2.05) is 6.07 Å². The van der Waals surface area contributed by atoms with Crippen molar-refractivity contribution in [1.82, 2.24) is 5.32 Å². The molecule has 0 spiro atoms. The molecule has 4 rings (SSSR count). The molecule has 4 nitrogen and oxygen atoms in total. The Bertz CT molecular complexity index is 1050. The Hall–Kier alpha value is -3.18. The van der Waals surface area contributed by atoms with Crippen LogP contribution in [-0.2, 0) is 0 Å². The van der Waals surface area contributed by atoms with E-state index in [2.05, 4.69) is 10.6 Å². The number of hydrogen-bond donors (Lipinski definition) is 2. The average Bonchev–Trinajstić information content (AvgIpc) is 3.02. The fourth-order valence-electron chi connectivity index (χ4n) is 3.22. The van der Waals surface area contributed by atoms with Crippen LogP contribution in [0.2, 0.25) is 5.02 Å². The molecule has 1 atom stereocenters. The van der Waals surface area contributed by atoms with Crippen molar-refractivity contribution >= 4 is 29.1 Å². The molecule has 134 valence electrons. The lowest BCUT2D eigenvalue weighted by Gasteiger charge is -2.18. The zero-order chi connectivity index (χ0) is 19.0. The summed E-state index contributed by atoms with van der Waals surface area (Å²) in [5, 5.41) is 5.99. The number of anilines is 1. The second-order valence-electron chi connectivity index (χ2n) is 6.16. The third kappa shape index (κ3) is 3.17. The molecule has 0 aliphatic carbocycles. The Labute approximate surface area is 160 Å². The normalized spacial score (nSPS) is 15.2. The number of rotatable bonds is 3. The van der Waals surface area contributed by atoms with Crippen LogP contribution >= 0.6 is 11.6 Å². The number of halogens is 2. The van der Waals surface area contributed by atoms with Crippen LogP contribution in [0.4, 0.5) is 10.1 Å². The molecule has 0 saturated heterocycles. The number of nitrogens with one attached hydrogen (secondary N) is 2. The molecule has 3 aromatic rings. The number of hydrogen-bond acceptors (Lipinski definition) is 2. The van der Waals surface area contributed by atoms with Gasteiger partial charge in [-0.05, 0) is 42.5 Å². The molecule has 0 fully saturated rings. The highest BCUT2D eigenvalue weighted by Gasteiger charge is 2.33. The smallest absolute Gasteiger partial charge is 0.255 e. The largest absolute Gasteiger partial charge is 0.341 e. The molecule has 2 amide bonds. The Morgan fingerprint density at radius 3 is 2.59 bits per heavy atom. The van der Waals surface area contributed by atoms with E-state index in [0.717, 1.165) is 0 Å². The van der Waals surface area contributed by atoms with E-state index in [0.29, 0.717) is 33.0 Å². The van der Waals surface area contributed by atoms with Crippen molar-refractivity contribution in [2.45, 2.75) is 6.04 Å². The molecule has 0 bridgehead atoms. The Morgan fingerprint density at radius 1 is 1.04 bits per heavy atom. The maximum Gasteiger partial charge on any atom is 0.255 e. The molecule has 2 N–H and O–H groups in total. The van der Waals surface area contributed by atoms with E-state index in [-0.39, 0.29) is 11.8 Å². The standard InChI is InChI=1S/C21H14ClFN2O2/c22-16-10-9-13(23)11-15(16)19-18-14(21(27)25-19)7-4-8-17(18)24-20(26)12-5-2-1-3-6-12/h1-11,19H,(H,24,26)(H,25,27). The summed E-state index contributed by atoms with van der Waals surface area (Å²) in [5.41, 5.74) is 2.40. The molecule has 0 aromatic heterocycles. The van der Waals surface area contributed by atoms with Gasteiger partial charge in [0.2, 0.25) is 0 Å². The Kier molecular flexibility index (Phi) is 4.38. The zero-order valence-corrected chi connectivity index (χ0v) is 14.8. The molecule has 0 radical (unpaired) electrons. The number of carbonyl (C=O) groups excluding carboxylic acids is 2. The van der Waals surface area contributed by atoms with Gasteiger partial charge in [-0.2, -0.15) is 0 Å². The van der Waals surface area contributed by atoms with Crippen LogP contribution in [0.5, 0.6) is 0 Å². The first-order valence-corrected chi connectivity index (χ1v) is 8.67. The molecule has 1 unspecified atom stereocenters. The first-order chi connectivity index (χ1) is 13.0. The van der Waals surface area contributed by atoms with Crippen molar-refractivity contribution in [2.75, 3.05) is 5.32 Å². The van der Waals surface area contributed by atoms with Gasteiger partial charge in [0.1, 0.15) is 5.82 Å². The molecule has 1 aliphatic rings. The lowest BCUT2D eigenvalue weighted by molar-refractivity contribution is 0.0959. The average molecular weight is 381 g/mol. The van der Waals surface area contributed by atoms with Crippen molar-refractivity contribution < 1.29 is 14.0 Å². The molecular weight excluding hydrogens is 367 g/mol. The second-order valence-corrected chi connectivity index (χ2v) is 6.57. The van der Waals surface area contributed by atoms with E-state index < -0.39 is 11.9 Å². The predicted molar refractivity (Wildman–Crippen MR) is 102 cm³/mol. The third-order valence-electron chi connectivity index (χ3n) is 4.47. The van der Waals surface area contributed by atoms with Crippen molar-refractivity contribution in [3.63, 3.8) is 0 Å². The van der Waals surface area contributed by atoms with E-state index in [1.165, 1.54) is 18.2 Å². The monoisotopic (exact) mass is 380 g/mol. The van der Waals surface area contributed by atoms with Crippen LogP contribution in [0.15, 0.2) is 66.7 Å². The highest BCUT2D eigenvalue weighted by atomic mass is 35.5. The van der Waals surface area contributed by atoms with Crippen molar-refractivity contribution in [2.24, 2.45) is 0 Å². The number of fused-ring (bicyclic) bond motifs is 1. The summed E-state index contributed by atoms with van der Waals surface area (Å²) in [6.45, 7) is 0. The third-order valence-corrected chi connectivity index (χ3v) is 4.81.